The Morgan fingerprint density at radius 2 is 1.75 bits per heavy atom. The molecule has 1 amide bonds. The van der Waals surface area contributed by atoms with Gasteiger partial charge in [0.2, 0.25) is 17.7 Å². The maximum atomic E-state index is 13.2. The summed E-state index contributed by atoms with van der Waals surface area (Å²) in [6.07, 6.45) is 0. The number of aromatic nitrogens is 2. The lowest BCUT2D eigenvalue weighted by molar-refractivity contribution is -0.125. The topological polar surface area (TPSA) is 122 Å². The molecule has 9 nitrogen and oxygen atoms in total. The number of benzene rings is 2. The molecule has 3 N–H and O–H groups in total. The average molecular weight is 510 g/mol. The molecule has 1 unspecified atom stereocenters. The van der Waals surface area contributed by atoms with Gasteiger partial charge in [-0.3, -0.25) is 10.1 Å². The van der Waals surface area contributed by atoms with Crippen molar-refractivity contribution in [3.05, 3.63) is 65.2 Å². The number of carbonyl (C=O) groups is 1. The van der Waals surface area contributed by atoms with E-state index in [4.69, 9.17) is 4.74 Å². The number of sulfonamides is 1. The van der Waals surface area contributed by atoms with E-state index in [9.17, 15) is 13.2 Å². The summed E-state index contributed by atoms with van der Waals surface area (Å²) < 4.78 is 34.8. The minimum atomic E-state index is -3.97. The molecule has 1 aromatic heterocycles. The fourth-order valence-electron chi connectivity index (χ4n) is 3.99. The smallest absolute Gasteiger partial charge is 0.264 e. The van der Waals surface area contributed by atoms with Crippen molar-refractivity contribution in [1.82, 2.24) is 20.6 Å². The Bertz CT molecular complexity index is 1380. The van der Waals surface area contributed by atoms with E-state index in [0.29, 0.717) is 11.3 Å². The van der Waals surface area contributed by atoms with Crippen molar-refractivity contribution >= 4 is 21.9 Å². The SMILES string of the molecule is Cc1cccc(C)c1-c1cc2nc(n1)NS(=O)(=O)c1cccc(c1)CNC(C(=O)NC(C)(C)C)CO2. The summed E-state index contributed by atoms with van der Waals surface area (Å²) in [5, 5.41) is 6.16. The molecule has 0 aliphatic carbocycles. The second kappa shape index (κ2) is 9.87. The molecular weight excluding hydrogens is 478 g/mol. The van der Waals surface area contributed by atoms with Crippen molar-refractivity contribution in [1.29, 1.82) is 0 Å². The van der Waals surface area contributed by atoms with Crippen LogP contribution in [0.5, 0.6) is 5.88 Å². The zero-order valence-electron chi connectivity index (χ0n) is 21.0. The highest BCUT2D eigenvalue weighted by molar-refractivity contribution is 7.92. The number of carbonyl (C=O) groups excluding carboxylic acids is 1. The third kappa shape index (κ3) is 6.00. The van der Waals surface area contributed by atoms with Gasteiger partial charge in [0.1, 0.15) is 12.6 Å². The minimum Gasteiger partial charge on any atom is -0.475 e. The Morgan fingerprint density at radius 3 is 2.44 bits per heavy atom. The molecule has 1 atom stereocenters. The molecule has 4 rings (SSSR count). The Kier molecular flexibility index (Phi) is 7.01. The summed E-state index contributed by atoms with van der Waals surface area (Å²) in [5.41, 5.74) is 3.59. The molecule has 4 bridgehead atoms. The molecule has 3 aromatic rings. The van der Waals surface area contributed by atoms with Crippen LogP contribution in [0.4, 0.5) is 5.95 Å². The second-order valence-corrected chi connectivity index (χ2v) is 11.6. The minimum absolute atomic E-state index is 0.0169. The van der Waals surface area contributed by atoms with Crippen molar-refractivity contribution < 1.29 is 17.9 Å². The molecular formula is C26H31N5O4S. The zero-order chi connectivity index (χ0) is 26.1. The number of aryl methyl sites for hydroxylation is 2. The van der Waals surface area contributed by atoms with Crippen LogP contribution in [0.2, 0.25) is 0 Å². The molecule has 0 fully saturated rings. The van der Waals surface area contributed by atoms with Crippen LogP contribution in [0.1, 0.15) is 37.5 Å². The monoisotopic (exact) mass is 509 g/mol. The standard InChI is InChI=1S/C26H31N5O4S/c1-16-8-6-9-17(2)23(16)20-13-22-29-25(28-20)31-36(33,34)19-11-7-10-18(12-19)14-27-21(15-35-22)24(32)30-26(3,4)5/h6-13,21,27H,14-15H2,1-5H3,(H,30,32)(H,28,29,31). The highest BCUT2D eigenvalue weighted by atomic mass is 32.2. The van der Waals surface area contributed by atoms with Gasteiger partial charge in [-0.15, -0.1) is 0 Å². The van der Waals surface area contributed by atoms with E-state index in [1.165, 1.54) is 6.07 Å². The van der Waals surface area contributed by atoms with Crippen LogP contribution in [-0.4, -0.2) is 42.5 Å². The first-order chi connectivity index (χ1) is 16.9. The van der Waals surface area contributed by atoms with Crippen molar-refractivity contribution in [3.8, 4) is 17.1 Å². The molecule has 1 aliphatic heterocycles. The number of nitrogens with one attached hydrogen (secondary N) is 3. The Morgan fingerprint density at radius 1 is 1.06 bits per heavy atom. The number of anilines is 1. The zero-order valence-corrected chi connectivity index (χ0v) is 21.9. The van der Waals surface area contributed by atoms with E-state index >= 15 is 0 Å². The summed E-state index contributed by atoms with van der Waals surface area (Å²) >= 11 is 0. The van der Waals surface area contributed by atoms with Crippen LogP contribution >= 0.6 is 0 Å². The molecule has 1 aliphatic rings. The van der Waals surface area contributed by atoms with E-state index in [-0.39, 0.29) is 35.8 Å². The number of rotatable bonds is 2. The molecule has 2 heterocycles. The third-order valence-corrected chi connectivity index (χ3v) is 6.97. The summed E-state index contributed by atoms with van der Waals surface area (Å²) in [6.45, 7) is 9.87. The van der Waals surface area contributed by atoms with E-state index < -0.39 is 21.6 Å². The molecule has 0 radical (unpaired) electrons. The predicted molar refractivity (Wildman–Crippen MR) is 138 cm³/mol. The van der Waals surface area contributed by atoms with Gasteiger partial charge < -0.3 is 10.1 Å². The Labute approximate surface area is 211 Å². The first-order valence-electron chi connectivity index (χ1n) is 11.7. The van der Waals surface area contributed by atoms with Crippen LogP contribution in [0.3, 0.4) is 0 Å². The number of nitrogens with zero attached hydrogens (tertiary/aromatic N) is 2. The van der Waals surface area contributed by atoms with E-state index in [1.54, 1.807) is 24.3 Å². The average Bonchev–Trinajstić information content (AvgIpc) is 2.77. The van der Waals surface area contributed by atoms with Gasteiger partial charge in [0.25, 0.3) is 10.0 Å². The molecule has 10 heteroatoms. The van der Waals surface area contributed by atoms with Crippen molar-refractivity contribution in [2.24, 2.45) is 0 Å². The third-order valence-electron chi connectivity index (χ3n) is 5.64. The normalized spacial score (nSPS) is 17.4. The van der Waals surface area contributed by atoms with Crippen LogP contribution in [0.15, 0.2) is 53.4 Å². The Balaban J connectivity index is 1.81. The molecule has 0 saturated heterocycles. The summed E-state index contributed by atoms with van der Waals surface area (Å²) in [6, 6.07) is 13.3. The number of ether oxygens (including phenoxy) is 1. The van der Waals surface area contributed by atoms with Crippen LogP contribution in [0.25, 0.3) is 11.3 Å². The highest BCUT2D eigenvalue weighted by Gasteiger charge is 2.25. The lowest BCUT2D eigenvalue weighted by Gasteiger charge is -2.25. The van der Waals surface area contributed by atoms with Gasteiger partial charge in [0.15, 0.2) is 0 Å². The fraction of sp³-hybridized carbons (Fsp3) is 0.346. The van der Waals surface area contributed by atoms with Gasteiger partial charge in [-0.05, 0) is 63.4 Å². The van der Waals surface area contributed by atoms with Crippen molar-refractivity contribution in [2.75, 3.05) is 11.3 Å². The van der Waals surface area contributed by atoms with Gasteiger partial charge in [0.05, 0.1) is 10.6 Å². The number of fused-ring (bicyclic) bond motifs is 4. The summed E-state index contributed by atoms with van der Waals surface area (Å²) in [5.74, 6) is -0.191. The largest absolute Gasteiger partial charge is 0.475 e. The van der Waals surface area contributed by atoms with E-state index in [0.717, 1.165) is 16.7 Å². The van der Waals surface area contributed by atoms with Crippen LogP contribution in [0, 0.1) is 13.8 Å². The van der Waals surface area contributed by atoms with E-state index in [1.807, 2.05) is 52.8 Å². The first kappa shape index (κ1) is 25.6. The molecule has 0 spiro atoms. The molecule has 36 heavy (non-hydrogen) atoms. The van der Waals surface area contributed by atoms with Crippen LogP contribution in [-0.2, 0) is 21.4 Å². The van der Waals surface area contributed by atoms with Gasteiger partial charge in [-0.1, -0.05) is 30.3 Å². The maximum Gasteiger partial charge on any atom is 0.264 e. The first-order valence-corrected chi connectivity index (χ1v) is 13.2. The van der Waals surface area contributed by atoms with Gasteiger partial charge in [0, 0.05) is 23.7 Å². The lowest BCUT2D eigenvalue weighted by Crippen LogP contribution is -2.52. The van der Waals surface area contributed by atoms with Crippen molar-refractivity contribution in [3.63, 3.8) is 0 Å². The van der Waals surface area contributed by atoms with Gasteiger partial charge in [-0.25, -0.2) is 18.1 Å². The predicted octanol–water partition coefficient (Wildman–Crippen LogP) is 3.33. The molecule has 190 valence electrons. The Hall–Kier alpha value is -3.50. The highest BCUT2D eigenvalue weighted by Crippen LogP contribution is 2.29. The quantitative estimate of drug-likeness (QED) is 0.484. The molecule has 2 aromatic carbocycles. The fourth-order valence-corrected chi connectivity index (χ4v) is 5.00. The molecule has 0 saturated carbocycles. The number of hydrogen-bond acceptors (Lipinski definition) is 7. The van der Waals surface area contributed by atoms with Crippen molar-refractivity contribution in [2.45, 2.75) is 57.6 Å². The summed E-state index contributed by atoms with van der Waals surface area (Å²) in [4.78, 5) is 21.9. The van der Waals surface area contributed by atoms with Crippen LogP contribution < -0.4 is 20.1 Å². The number of amides is 1. The summed E-state index contributed by atoms with van der Waals surface area (Å²) in [7, 11) is -3.97. The van der Waals surface area contributed by atoms with E-state index in [2.05, 4.69) is 25.3 Å². The maximum absolute atomic E-state index is 13.2. The van der Waals surface area contributed by atoms with Gasteiger partial charge in [-0.2, -0.15) is 4.98 Å². The lowest BCUT2D eigenvalue weighted by atomic mass is 10.00. The second-order valence-electron chi connectivity index (χ2n) is 9.92. The van der Waals surface area contributed by atoms with Gasteiger partial charge >= 0.3 is 0 Å². The number of hydrogen-bond donors (Lipinski definition) is 3.